The molecule has 0 aliphatic rings. The first-order valence-corrected chi connectivity index (χ1v) is 7.82. The van der Waals surface area contributed by atoms with E-state index in [2.05, 4.69) is 0 Å². The SMILES string of the molecule is O=C(O)c1ccc(CS(=O)(=O)Cc2ccc(Cl)cc2)o1. The van der Waals surface area contributed by atoms with Crippen LogP contribution in [0.3, 0.4) is 0 Å². The molecule has 0 saturated heterocycles. The fraction of sp³-hybridized carbons (Fsp3) is 0.154. The van der Waals surface area contributed by atoms with Crippen LogP contribution in [0.15, 0.2) is 40.8 Å². The van der Waals surface area contributed by atoms with Crippen LogP contribution in [0.4, 0.5) is 0 Å². The van der Waals surface area contributed by atoms with Crippen LogP contribution in [0.2, 0.25) is 5.02 Å². The molecule has 0 spiro atoms. The maximum atomic E-state index is 12.0. The highest BCUT2D eigenvalue weighted by Crippen LogP contribution is 2.17. The Balaban J connectivity index is 2.10. The second-order valence-corrected chi connectivity index (χ2v) is 6.73. The predicted octanol–water partition coefficient (Wildman–Crippen LogP) is 2.75. The molecule has 0 atom stereocenters. The average molecular weight is 315 g/mol. The molecule has 7 heteroatoms. The van der Waals surface area contributed by atoms with E-state index >= 15 is 0 Å². The number of halogens is 1. The third-order valence-electron chi connectivity index (χ3n) is 2.53. The van der Waals surface area contributed by atoms with Gasteiger partial charge < -0.3 is 9.52 Å². The van der Waals surface area contributed by atoms with Gasteiger partial charge in [-0.25, -0.2) is 13.2 Å². The van der Waals surface area contributed by atoms with Crippen molar-refractivity contribution in [2.45, 2.75) is 11.5 Å². The first-order chi connectivity index (χ1) is 9.35. The van der Waals surface area contributed by atoms with Gasteiger partial charge in [-0.3, -0.25) is 0 Å². The maximum absolute atomic E-state index is 12.0. The highest BCUT2D eigenvalue weighted by Gasteiger charge is 2.17. The molecule has 0 unspecified atom stereocenters. The smallest absolute Gasteiger partial charge is 0.371 e. The van der Waals surface area contributed by atoms with Crippen molar-refractivity contribution in [3.8, 4) is 0 Å². The molecule has 2 aromatic rings. The van der Waals surface area contributed by atoms with Gasteiger partial charge in [0.05, 0.1) is 5.75 Å². The maximum Gasteiger partial charge on any atom is 0.371 e. The number of benzene rings is 1. The van der Waals surface area contributed by atoms with Crippen LogP contribution >= 0.6 is 11.6 Å². The topological polar surface area (TPSA) is 84.6 Å². The fourth-order valence-corrected chi connectivity index (χ4v) is 3.19. The summed E-state index contributed by atoms with van der Waals surface area (Å²) in [5.74, 6) is -1.90. The molecule has 0 radical (unpaired) electrons. The summed E-state index contributed by atoms with van der Waals surface area (Å²) in [5, 5.41) is 9.23. The molecule has 1 aromatic carbocycles. The zero-order valence-electron chi connectivity index (χ0n) is 10.2. The van der Waals surface area contributed by atoms with Gasteiger partial charge in [-0.05, 0) is 29.8 Å². The van der Waals surface area contributed by atoms with Gasteiger partial charge in [-0.15, -0.1) is 0 Å². The number of furan rings is 1. The number of rotatable bonds is 5. The molecular weight excluding hydrogens is 304 g/mol. The molecule has 5 nitrogen and oxygen atoms in total. The Bertz CT molecular complexity index is 715. The molecule has 0 aliphatic carbocycles. The predicted molar refractivity (Wildman–Crippen MR) is 73.4 cm³/mol. The normalized spacial score (nSPS) is 11.4. The molecule has 20 heavy (non-hydrogen) atoms. The molecule has 1 aromatic heterocycles. The summed E-state index contributed by atoms with van der Waals surface area (Å²) in [6.07, 6.45) is 0. The molecule has 106 valence electrons. The van der Waals surface area contributed by atoms with Crippen molar-refractivity contribution in [1.29, 1.82) is 0 Å². The van der Waals surface area contributed by atoms with E-state index in [0.717, 1.165) is 0 Å². The summed E-state index contributed by atoms with van der Waals surface area (Å²) in [6, 6.07) is 9.07. The highest BCUT2D eigenvalue weighted by molar-refractivity contribution is 7.89. The summed E-state index contributed by atoms with van der Waals surface area (Å²) < 4.78 is 28.9. The molecular formula is C13H11ClO5S. The lowest BCUT2D eigenvalue weighted by atomic mass is 10.2. The summed E-state index contributed by atoms with van der Waals surface area (Å²) in [5.41, 5.74) is 0.611. The highest BCUT2D eigenvalue weighted by atomic mass is 35.5. The first-order valence-electron chi connectivity index (χ1n) is 5.62. The molecule has 0 amide bonds. The van der Waals surface area contributed by atoms with Crippen LogP contribution < -0.4 is 0 Å². The Morgan fingerprint density at radius 3 is 2.30 bits per heavy atom. The minimum atomic E-state index is -3.44. The third kappa shape index (κ3) is 3.85. The van der Waals surface area contributed by atoms with E-state index in [0.29, 0.717) is 10.6 Å². The number of carbonyl (C=O) groups is 1. The lowest BCUT2D eigenvalue weighted by Crippen LogP contribution is -2.07. The van der Waals surface area contributed by atoms with Crippen molar-refractivity contribution in [2.75, 3.05) is 0 Å². The Morgan fingerprint density at radius 1 is 1.10 bits per heavy atom. The van der Waals surface area contributed by atoms with Gasteiger partial charge in [0.25, 0.3) is 0 Å². The fourth-order valence-electron chi connectivity index (χ4n) is 1.67. The number of carboxylic acid groups (broad SMARTS) is 1. The van der Waals surface area contributed by atoms with Crippen molar-refractivity contribution in [3.05, 3.63) is 58.5 Å². The van der Waals surface area contributed by atoms with Gasteiger partial charge >= 0.3 is 5.97 Å². The van der Waals surface area contributed by atoms with E-state index < -0.39 is 15.8 Å². The first kappa shape index (κ1) is 14.6. The number of hydrogen-bond acceptors (Lipinski definition) is 4. The Hall–Kier alpha value is -1.79. The second kappa shape index (κ2) is 5.68. The van der Waals surface area contributed by atoms with E-state index in [1.165, 1.54) is 12.1 Å². The van der Waals surface area contributed by atoms with Gasteiger partial charge in [0.15, 0.2) is 9.84 Å². The van der Waals surface area contributed by atoms with Crippen LogP contribution in [0.1, 0.15) is 21.9 Å². The number of aromatic carboxylic acids is 1. The number of hydrogen-bond donors (Lipinski definition) is 1. The third-order valence-corrected chi connectivity index (χ3v) is 4.28. The summed E-state index contributed by atoms with van der Waals surface area (Å²) in [6.45, 7) is 0. The van der Waals surface area contributed by atoms with Crippen molar-refractivity contribution in [1.82, 2.24) is 0 Å². The lowest BCUT2D eigenvalue weighted by molar-refractivity contribution is 0.0660. The van der Waals surface area contributed by atoms with Crippen LogP contribution in [0, 0.1) is 0 Å². The van der Waals surface area contributed by atoms with E-state index in [4.69, 9.17) is 21.1 Å². The molecule has 0 fully saturated rings. The largest absolute Gasteiger partial charge is 0.475 e. The van der Waals surface area contributed by atoms with Crippen molar-refractivity contribution in [3.63, 3.8) is 0 Å². The van der Waals surface area contributed by atoms with Crippen molar-refractivity contribution in [2.24, 2.45) is 0 Å². The van der Waals surface area contributed by atoms with Crippen LogP contribution in [-0.4, -0.2) is 19.5 Å². The van der Waals surface area contributed by atoms with Crippen molar-refractivity contribution < 1.29 is 22.7 Å². The van der Waals surface area contributed by atoms with Gasteiger partial charge in [-0.1, -0.05) is 23.7 Å². The molecule has 2 rings (SSSR count). The molecule has 0 saturated carbocycles. The zero-order valence-corrected chi connectivity index (χ0v) is 11.8. The minimum Gasteiger partial charge on any atom is -0.475 e. The molecule has 1 heterocycles. The monoisotopic (exact) mass is 314 g/mol. The van der Waals surface area contributed by atoms with Crippen LogP contribution in [0.5, 0.6) is 0 Å². The summed E-state index contributed by atoms with van der Waals surface area (Å²) in [4.78, 5) is 10.6. The van der Waals surface area contributed by atoms with Crippen LogP contribution in [0.25, 0.3) is 0 Å². The second-order valence-electron chi connectivity index (χ2n) is 4.23. The minimum absolute atomic E-state index is 0.108. The van der Waals surface area contributed by atoms with E-state index in [9.17, 15) is 13.2 Å². The Morgan fingerprint density at radius 2 is 1.75 bits per heavy atom. The van der Waals surface area contributed by atoms with E-state index in [1.54, 1.807) is 24.3 Å². The van der Waals surface area contributed by atoms with E-state index in [-0.39, 0.29) is 23.0 Å². The molecule has 0 aliphatic heterocycles. The van der Waals surface area contributed by atoms with Gasteiger partial charge in [0, 0.05) is 5.02 Å². The quantitative estimate of drug-likeness (QED) is 0.917. The molecule has 1 N–H and O–H groups in total. The Kier molecular flexibility index (Phi) is 4.15. The lowest BCUT2D eigenvalue weighted by Gasteiger charge is -2.03. The number of carboxylic acids is 1. The average Bonchev–Trinajstić information content (AvgIpc) is 2.79. The van der Waals surface area contributed by atoms with Gasteiger partial charge in [0.2, 0.25) is 5.76 Å². The van der Waals surface area contributed by atoms with E-state index in [1.807, 2.05) is 0 Å². The summed E-state index contributed by atoms with van der Waals surface area (Å²) in [7, 11) is -3.44. The standard InChI is InChI=1S/C13H11ClO5S/c14-10-3-1-9(2-4-10)7-20(17,18)8-11-5-6-12(19-11)13(15)16/h1-6H,7-8H2,(H,15,16). The van der Waals surface area contributed by atoms with Crippen molar-refractivity contribution >= 4 is 27.4 Å². The van der Waals surface area contributed by atoms with Gasteiger partial charge in [0.1, 0.15) is 11.5 Å². The van der Waals surface area contributed by atoms with Crippen LogP contribution in [-0.2, 0) is 21.3 Å². The molecule has 0 bridgehead atoms. The Labute approximate surface area is 120 Å². The van der Waals surface area contributed by atoms with Gasteiger partial charge in [-0.2, -0.15) is 0 Å². The number of sulfone groups is 1. The summed E-state index contributed by atoms with van der Waals surface area (Å²) >= 11 is 5.73. The zero-order chi connectivity index (χ0) is 14.8.